The lowest BCUT2D eigenvalue weighted by Gasteiger charge is -2.11. The van der Waals surface area contributed by atoms with Gasteiger partial charge in [0.15, 0.2) is 0 Å². The van der Waals surface area contributed by atoms with Gasteiger partial charge in [-0.2, -0.15) is 4.98 Å². The number of benzene rings is 1. The zero-order valence-corrected chi connectivity index (χ0v) is 15.6. The summed E-state index contributed by atoms with van der Waals surface area (Å²) in [7, 11) is 1.32. The van der Waals surface area contributed by atoms with E-state index in [0.717, 1.165) is 5.56 Å². The number of ether oxygens (including phenoxy) is 1. The molecule has 0 bridgehead atoms. The highest BCUT2D eigenvalue weighted by atomic mass is 16.5. The molecular formula is C19H25N3O4. The third kappa shape index (κ3) is 5.68. The Hall–Kier alpha value is -2.70. The van der Waals surface area contributed by atoms with Gasteiger partial charge in [-0.25, -0.2) is 0 Å². The van der Waals surface area contributed by atoms with Gasteiger partial charge in [0.05, 0.1) is 13.5 Å². The van der Waals surface area contributed by atoms with Crippen molar-refractivity contribution in [2.24, 2.45) is 0 Å². The largest absolute Gasteiger partial charge is 0.469 e. The standard InChI is InChI=1S/C19H25N3O4/c1-12(2)14-5-7-15(8-6-14)19-21-17(26-22-19)10-9-16(23)20-13(3)11-18(24)25-4/h5-8,12-13H,9-11H2,1-4H3,(H,20,23). The Morgan fingerprint density at radius 2 is 1.88 bits per heavy atom. The van der Waals surface area contributed by atoms with Crippen LogP contribution in [0.3, 0.4) is 0 Å². The first-order valence-corrected chi connectivity index (χ1v) is 8.68. The molecular weight excluding hydrogens is 334 g/mol. The van der Waals surface area contributed by atoms with Crippen molar-refractivity contribution in [3.63, 3.8) is 0 Å². The normalized spacial score (nSPS) is 12.0. The van der Waals surface area contributed by atoms with Crippen LogP contribution in [0.15, 0.2) is 28.8 Å². The van der Waals surface area contributed by atoms with E-state index in [9.17, 15) is 9.59 Å². The topological polar surface area (TPSA) is 94.3 Å². The molecule has 1 aromatic heterocycles. The monoisotopic (exact) mass is 359 g/mol. The van der Waals surface area contributed by atoms with E-state index >= 15 is 0 Å². The van der Waals surface area contributed by atoms with Gasteiger partial charge in [0.2, 0.25) is 17.6 Å². The number of aromatic nitrogens is 2. The maximum Gasteiger partial charge on any atom is 0.307 e. The summed E-state index contributed by atoms with van der Waals surface area (Å²) in [5.41, 5.74) is 2.12. The van der Waals surface area contributed by atoms with Gasteiger partial charge in [-0.3, -0.25) is 9.59 Å². The van der Waals surface area contributed by atoms with Crippen molar-refractivity contribution in [3.05, 3.63) is 35.7 Å². The van der Waals surface area contributed by atoms with E-state index in [1.807, 2.05) is 24.3 Å². The lowest BCUT2D eigenvalue weighted by molar-refractivity contribution is -0.141. The Bertz CT molecular complexity index is 737. The lowest BCUT2D eigenvalue weighted by Crippen LogP contribution is -2.34. The number of aryl methyl sites for hydroxylation is 1. The molecule has 2 rings (SSSR count). The van der Waals surface area contributed by atoms with Crippen LogP contribution < -0.4 is 5.32 Å². The Balaban J connectivity index is 1.86. The molecule has 140 valence electrons. The van der Waals surface area contributed by atoms with Crippen LogP contribution in [0, 0.1) is 0 Å². The summed E-state index contributed by atoms with van der Waals surface area (Å²) < 4.78 is 9.79. The van der Waals surface area contributed by atoms with Crippen molar-refractivity contribution >= 4 is 11.9 Å². The van der Waals surface area contributed by atoms with Gasteiger partial charge in [0.25, 0.3) is 0 Å². The number of rotatable bonds is 8. The van der Waals surface area contributed by atoms with Crippen LogP contribution in [0.5, 0.6) is 0 Å². The van der Waals surface area contributed by atoms with Gasteiger partial charge in [0.1, 0.15) is 0 Å². The highest BCUT2D eigenvalue weighted by Crippen LogP contribution is 2.20. The Morgan fingerprint density at radius 3 is 2.50 bits per heavy atom. The van der Waals surface area contributed by atoms with E-state index in [4.69, 9.17) is 4.52 Å². The molecule has 1 heterocycles. The van der Waals surface area contributed by atoms with Gasteiger partial charge in [-0.1, -0.05) is 43.3 Å². The van der Waals surface area contributed by atoms with Gasteiger partial charge in [0, 0.05) is 24.4 Å². The first-order valence-electron chi connectivity index (χ1n) is 8.68. The summed E-state index contributed by atoms with van der Waals surface area (Å²) in [6, 6.07) is 7.74. The summed E-state index contributed by atoms with van der Waals surface area (Å²) in [6.45, 7) is 6.03. The zero-order valence-electron chi connectivity index (χ0n) is 15.6. The smallest absolute Gasteiger partial charge is 0.307 e. The van der Waals surface area contributed by atoms with Crippen LogP contribution in [0.25, 0.3) is 11.4 Å². The van der Waals surface area contributed by atoms with Gasteiger partial charge in [-0.15, -0.1) is 0 Å². The second-order valence-corrected chi connectivity index (χ2v) is 6.54. The fraction of sp³-hybridized carbons (Fsp3) is 0.474. The maximum absolute atomic E-state index is 11.9. The number of esters is 1. The minimum Gasteiger partial charge on any atom is -0.469 e. The van der Waals surface area contributed by atoms with Gasteiger partial charge >= 0.3 is 5.97 Å². The summed E-state index contributed by atoms with van der Waals surface area (Å²) in [4.78, 5) is 27.4. The molecule has 0 aliphatic rings. The van der Waals surface area contributed by atoms with Crippen molar-refractivity contribution in [1.29, 1.82) is 0 Å². The predicted molar refractivity (Wildman–Crippen MR) is 96.4 cm³/mol. The van der Waals surface area contributed by atoms with Crippen LogP contribution in [0.4, 0.5) is 0 Å². The summed E-state index contributed by atoms with van der Waals surface area (Å²) in [5, 5.41) is 6.71. The first kappa shape index (κ1) is 19.6. The molecule has 26 heavy (non-hydrogen) atoms. The van der Waals surface area contributed by atoms with E-state index in [-0.39, 0.29) is 30.8 Å². The number of carbonyl (C=O) groups excluding carboxylic acids is 2. The molecule has 0 aliphatic carbocycles. The summed E-state index contributed by atoms with van der Waals surface area (Å²) in [6.07, 6.45) is 0.687. The van der Waals surface area contributed by atoms with E-state index in [1.165, 1.54) is 12.7 Å². The number of hydrogen-bond donors (Lipinski definition) is 1. The number of methoxy groups -OCH3 is 1. The average molecular weight is 359 g/mol. The summed E-state index contributed by atoms with van der Waals surface area (Å²) >= 11 is 0. The quantitative estimate of drug-likeness (QED) is 0.728. The van der Waals surface area contributed by atoms with Crippen LogP contribution in [0.1, 0.15) is 51.0 Å². The van der Waals surface area contributed by atoms with E-state index in [1.54, 1.807) is 6.92 Å². The molecule has 1 N–H and O–H groups in total. The Labute approximate surface area is 153 Å². The Kier molecular flexibility index (Phi) is 6.89. The molecule has 1 atom stereocenters. The van der Waals surface area contributed by atoms with Crippen LogP contribution in [0.2, 0.25) is 0 Å². The molecule has 0 fully saturated rings. The lowest BCUT2D eigenvalue weighted by atomic mass is 10.0. The van der Waals surface area contributed by atoms with E-state index in [0.29, 0.717) is 24.1 Å². The van der Waals surface area contributed by atoms with Crippen molar-refractivity contribution in [1.82, 2.24) is 15.5 Å². The third-order valence-electron chi connectivity index (χ3n) is 3.98. The third-order valence-corrected chi connectivity index (χ3v) is 3.98. The van der Waals surface area contributed by atoms with Crippen LogP contribution in [-0.4, -0.2) is 35.2 Å². The second-order valence-electron chi connectivity index (χ2n) is 6.54. The highest BCUT2D eigenvalue weighted by Gasteiger charge is 2.14. The molecule has 0 saturated carbocycles. The molecule has 0 aliphatic heterocycles. The van der Waals surface area contributed by atoms with Crippen molar-refractivity contribution in [2.75, 3.05) is 7.11 Å². The Morgan fingerprint density at radius 1 is 1.19 bits per heavy atom. The molecule has 1 unspecified atom stereocenters. The number of carbonyl (C=O) groups is 2. The second kappa shape index (κ2) is 9.12. The maximum atomic E-state index is 11.9. The fourth-order valence-corrected chi connectivity index (χ4v) is 2.44. The molecule has 0 radical (unpaired) electrons. The van der Waals surface area contributed by atoms with Crippen molar-refractivity contribution < 1.29 is 18.8 Å². The molecule has 1 amide bonds. The van der Waals surface area contributed by atoms with Crippen LogP contribution >= 0.6 is 0 Å². The molecule has 0 saturated heterocycles. The predicted octanol–water partition coefficient (Wildman–Crippen LogP) is 2.86. The molecule has 2 aromatic rings. The number of hydrogen-bond acceptors (Lipinski definition) is 6. The van der Waals surface area contributed by atoms with Gasteiger partial charge < -0.3 is 14.6 Å². The van der Waals surface area contributed by atoms with E-state index < -0.39 is 0 Å². The SMILES string of the molecule is COC(=O)CC(C)NC(=O)CCc1nc(-c2ccc(C(C)C)cc2)no1. The minimum atomic E-state index is -0.358. The van der Waals surface area contributed by atoms with Crippen molar-refractivity contribution in [3.8, 4) is 11.4 Å². The molecule has 1 aromatic carbocycles. The van der Waals surface area contributed by atoms with E-state index in [2.05, 4.69) is 34.0 Å². The fourth-order valence-electron chi connectivity index (χ4n) is 2.44. The average Bonchev–Trinajstić information content (AvgIpc) is 3.08. The molecule has 7 heteroatoms. The zero-order chi connectivity index (χ0) is 19.1. The number of nitrogens with one attached hydrogen (secondary N) is 1. The van der Waals surface area contributed by atoms with Crippen LogP contribution in [-0.2, 0) is 20.7 Å². The molecule has 0 spiro atoms. The summed E-state index contributed by atoms with van der Waals surface area (Å²) in [5.74, 6) is 0.841. The first-order chi connectivity index (χ1) is 12.4. The highest BCUT2D eigenvalue weighted by molar-refractivity contribution is 5.77. The minimum absolute atomic E-state index is 0.138. The van der Waals surface area contributed by atoms with Crippen molar-refractivity contribution in [2.45, 2.75) is 52.0 Å². The number of amides is 1. The number of nitrogens with zero attached hydrogens (tertiary/aromatic N) is 2. The van der Waals surface area contributed by atoms with Gasteiger partial charge in [-0.05, 0) is 18.4 Å². The molecule has 7 nitrogen and oxygen atoms in total.